The van der Waals surface area contributed by atoms with Gasteiger partial charge in [0.25, 0.3) is 10.0 Å². The molecule has 0 aliphatic rings. The Hall–Kier alpha value is -2.42. The van der Waals surface area contributed by atoms with Crippen LogP contribution in [0.15, 0.2) is 35.6 Å². The largest absolute Gasteiger partial charge is 0.477 e. The summed E-state index contributed by atoms with van der Waals surface area (Å²) in [6.07, 6.45) is 3.09. The summed E-state index contributed by atoms with van der Waals surface area (Å²) in [6, 6.07) is 2.08. The van der Waals surface area contributed by atoms with Crippen LogP contribution in [-0.4, -0.2) is 29.5 Å². The molecule has 2 aromatic heterocycles. The van der Waals surface area contributed by atoms with Crippen LogP contribution in [0.4, 0.5) is 10.1 Å². The van der Waals surface area contributed by atoms with Gasteiger partial charge in [-0.3, -0.25) is 9.71 Å². The van der Waals surface area contributed by atoms with E-state index in [1.54, 1.807) is 0 Å². The fraction of sp³-hybridized carbons (Fsp3) is 0. The molecule has 0 fully saturated rings. The number of nitrogens with zero attached hydrogens (tertiary/aromatic N) is 1. The van der Waals surface area contributed by atoms with Gasteiger partial charge in [-0.15, -0.1) is 0 Å². The minimum atomic E-state index is -4.06. The molecule has 19 heavy (non-hydrogen) atoms. The van der Waals surface area contributed by atoms with E-state index in [1.807, 2.05) is 4.72 Å². The lowest BCUT2D eigenvalue weighted by atomic mass is 10.4. The number of anilines is 1. The Kier molecular flexibility index (Phi) is 3.21. The summed E-state index contributed by atoms with van der Waals surface area (Å²) in [5.74, 6) is -2.13. The Labute approximate surface area is 107 Å². The van der Waals surface area contributed by atoms with E-state index in [2.05, 4.69) is 9.97 Å². The van der Waals surface area contributed by atoms with E-state index in [-0.39, 0.29) is 16.3 Å². The Morgan fingerprint density at radius 3 is 2.79 bits per heavy atom. The summed E-state index contributed by atoms with van der Waals surface area (Å²) in [5, 5.41) is 8.68. The number of carboxylic acids is 1. The van der Waals surface area contributed by atoms with Crippen LogP contribution >= 0.6 is 0 Å². The molecule has 7 nitrogen and oxygen atoms in total. The van der Waals surface area contributed by atoms with Crippen molar-refractivity contribution in [1.29, 1.82) is 0 Å². The van der Waals surface area contributed by atoms with Gasteiger partial charge in [0.05, 0.1) is 11.9 Å². The number of carbonyl (C=O) groups is 1. The number of pyridine rings is 1. The van der Waals surface area contributed by atoms with E-state index in [4.69, 9.17) is 5.11 Å². The van der Waals surface area contributed by atoms with Gasteiger partial charge in [0, 0.05) is 12.4 Å². The molecule has 0 bridgehead atoms. The van der Waals surface area contributed by atoms with Gasteiger partial charge in [-0.05, 0) is 12.1 Å². The highest BCUT2D eigenvalue weighted by atomic mass is 32.2. The smallest absolute Gasteiger partial charge is 0.352 e. The van der Waals surface area contributed by atoms with Crippen molar-refractivity contribution in [3.05, 3.63) is 42.2 Å². The predicted molar refractivity (Wildman–Crippen MR) is 62.8 cm³/mol. The van der Waals surface area contributed by atoms with Crippen molar-refractivity contribution in [2.75, 3.05) is 4.72 Å². The summed E-state index contributed by atoms with van der Waals surface area (Å²) >= 11 is 0. The number of carboxylic acid groups (broad SMARTS) is 1. The highest BCUT2D eigenvalue weighted by Gasteiger charge is 2.19. The summed E-state index contributed by atoms with van der Waals surface area (Å²) in [6.45, 7) is 0. The second kappa shape index (κ2) is 4.69. The molecule has 3 N–H and O–H groups in total. The monoisotopic (exact) mass is 285 g/mol. The third kappa shape index (κ3) is 2.71. The molecule has 0 aliphatic carbocycles. The van der Waals surface area contributed by atoms with E-state index in [9.17, 15) is 17.6 Å². The molecule has 0 spiro atoms. The standard InChI is InChI=1S/C10H8FN3O4S/c11-7-5-12-2-1-8(7)14-19(17,18)6-3-9(10(15)16)13-4-6/h1-5,13H,(H,12,14)(H,15,16). The molecular weight excluding hydrogens is 277 g/mol. The number of nitrogens with one attached hydrogen (secondary N) is 2. The maximum atomic E-state index is 13.3. The van der Waals surface area contributed by atoms with Crippen LogP contribution in [0, 0.1) is 5.82 Å². The number of rotatable bonds is 4. The molecule has 2 aromatic rings. The number of sulfonamides is 1. The third-order valence-corrected chi connectivity index (χ3v) is 3.56. The molecule has 0 aromatic carbocycles. The van der Waals surface area contributed by atoms with Crippen LogP contribution in [0.2, 0.25) is 0 Å². The molecule has 2 heterocycles. The first-order valence-corrected chi connectivity index (χ1v) is 6.42. The molecule has 0 atom stereocenters. The van der Waals surface area contributed by atoms with Crippen molar-refractivity contribution in [2.24, 2.45) is 0 Å². The summed E-state index contributed by atoms with van der Waals surface area (Å²) < 4.78 is 39.0. The van der Waals surface area contributed by atoms with Crippen molar-refractivity contribution >= 4 is 21.7 Å². The van der Waals surface area contributed by atoms with Gasteiger partial charge in [-0.25, -0.2) is 17.6 Å². The molecule has 0 amide bonds. The van der Waals surface area contributed by atoms with E-state index in [1.165, 1.54) is 6.20 Å². The van der Waals surface area contributed by atoms with Crippen LogP contribution in [-0.2, 0) is 10.0 Å². The Bertz CT molecular complexity index is 726. The maximum absolute atomic E-state index is 13.3. The first-order chi connectivity index (χ1) is 8.90. The first kappa shape index (κ1) is 13.0. The van der Waals surface area contributed by atoms with Gasteiger partial charge >= 0.3 is 5.97 Å². The predicted octanol–water partition coefficient (Wildman–Crippen LogP) is 1.05. The third-order valence-electron chi connectivity index (χ3n) is 2.21. The van der Waals surface area contributed by atoms with E-state index in [0.717, 1.165) is 24.5 Å². The zero-order valence-electron chi connectivity index (χ0n) is 9.29. The summed E-state index contributed by atoms with van der Waals surface area (Å²) in [4.78, 5) is 16.1. The topological polar surface area (TPSA) is 112 Å². The van der Waals surface area contributed by atoms with Crippen molar-refractivity contribution in [3.8, 4) is 0 Å². The number of aromatic amines is 1. The zero-order chi connectivity index (χ0) is 14.0. The average molecular weight is 285 g/mol. The molecule has 0 saturated carbocycles. The lowest BCUT2D eigenvalue weighted by Gasteiger charge is -2.06. The number of hydrogen-bond donors (Lipinski definition) is 3. The van der Waals surface area contributed by atoms with Crippen LogP contribution in [0.3, 0.4) is 0 Å². The van der Waals surface area contributed by atoms with Gasteiger partial charge < -0.3 is 10.1 Å². The van der Waals surface area contributed by atoms with E-state index >= 15 is 0 Å². The van der Waals surface area contributed by atoms with Crippen LogP contribution < -0.4 is 4.72 Å². The number of hydrogen-bond acceptors (Lipinski definition) is 4. The quantitative estimate of drug-likeness (QED) is 0.777. The average Bonchev–Trinajstić information content (AvgIpc) is 2.82. The van der Waals surface area contributed by atoms with Crippen molar-refractivity contribution in [2.45, 2.75) is 4.90 Å². The Morgan fingerprint density at radius 1 is 1.47 bits per heavy atom. The maximum Gasteiger partial charge on any atom is 0.352 e. The van der Waals surface area contributed by atoms with Crippen molar-refractivity contribution < 1.29 is 22.7 Å². The van der Waals surface area contributed by atoms with Gasteiger partial charge in [-0.1, -0.05) is 0 Å². The highest BCUT2D eigenvalue weighted by Crippen LogP contribution is 2.18. The molecule has 0 aliphatic heterocycles. The second-order valence-electron chi connectivity index (χ2n) is 3.52. The molecule has 0 unspecified atom stereocenters. The summed E-state index contributed by atoms with van der Waals surface area (Å²) in [7, 11) is -4.06. The summed E-state index contributed by atoms with van der Waals surface area (Å²) in [5.41, 5.74) is -0.552. The number of H-pyrrole nitrogens is 1. The fourth-order valence-electron chi connectivity index (χ4n) is 1.31. The Morgan fingerprint density at radius 2 is 2.21 bits per heavy atom. The van der Waals surface area contributed by atoms with Crippen molar-refractivity contribution in [1.82, 2.24) is 9.97 Å². The van der Waals surface area contributed by atoms with Gasteiger partial charge in [0.1, 0.15) is 10.6 Å². The van der Waals surface area contributed by atoms with E-state index < -0.39 is 21.8 Å². The minimum Gasteiger partial charge on any atom is -0.477 e. The van der Waals surface area contributed by atoms with E-state index in [0.29, 0.717) is 0 Å². The first-order valence-electron chi connectivity index (χ1n) is 4.94. The normalized spacial score (nSPS) is 11.2. The molecule has 0 radical (unpaired) electrons. The lowest BCUT2D eigenvalue weighted by molar-refractivity contribution is 0.0691. The number of aromatic nitrogens is 2. The Balaban J connectivity index is 2.32. The van der Waals surface area contributed by atoms with Crippen molar-refractivity contribution in [3.63, 3.8) is 0 Å². The molecule has 9 heteroatoms. The van der Waals surface area contributed by atoms with Gasteiger partial charge in [0.2, 0.25) is 0 Å². The zero-order valence-corrected chi connectivity index (χ0v) is 10.1. The molecule has 100 valence electrons. The molecule has 2 rings (SSSR count). The number of halogens is 1. The van der Waals surface area contributed by atoms with Gasteiger partial charge in [0.15, 0.2) is 5.82 Å². The molecule has 0 saturated heterocycles. The van der Waals surface area contributed by atoms with Crippen LogP contribution in [0.25, 0.3) is 0 Å². The number of aromatic carboxylic acids is 1. The van der Waals surface area contributed by atoms with Crippen LogP contribution in [0.1, 0.15) is 10.5 Å². The highest BCUT2D eigenvalue weighted by molar-refractivity contribution is 7.92. The van der Waals surface area contributed by atoms with Gasteiger partial charge in [-0.2, -0.15) is 0 Å². The molecular formula is C10H8FN3O4S. The SMILES string of the molecule is O=C(O)c1cc(S(=O)(=O)Nc2ccncc2F)c[nH]1. The lowest BCUT2D eigenvalue weighted by Crippen LogP contribution is -2.13. The van der Waals surface area contributed by atoms with Crippen LogP contribution in [0.5, 0.6) is 0 Å². The minimum absolute atomic E-state index is 0.270. The second-order valence-corrected chi connectivity index (χ2v) is 5.20. The fourth-order valence-corrected chi connectivity index (χ4v) is 2.37.